The summed E-state index contributed by atoms with van der Waals surface area (Å²) in [7, 11) is 0. The number of nitrogens with two attached hydrogens (primary N) is 1. The van der Waals surface area contributed by atoms with Crippen LogP contribution in [0.25, 0.3) is 0 Å². The highest BCUT2D eigenvalue weighted by Gasteiger charge is 2.28. The Bertz CT molecular complexity index is 522. The van der Waals surface area contributed by atoms with E-state index in [0.717, 1.165) is 19.4 Å². The second-order valence-electron chi connectivity index (χ2n) is 6.00. The minimum Gasteiger partial charge on any atom is -0.368 e. The van der Waals surface area contributed by atoms with Gasteiger partial charge in [0.2, 0.25) is 11.8 Å². The van der Waals surface area contributed by atoms with Crippen LogP contribution in [0.4, 0.5) is 0 Å². The fraction of sp³-hybridized carbons (Fsp3) is 0.769. The summed E-state index contributed by atoms with van der Waals surface area (Å²) < 4.78 is 1.34. The highest BCUT2D eigenvalue weighted by Crippen LogP contribution is 2.19. The van der Waals surface area contributed by atoms with E-state index in [1.807, 2.05) is 0 Å². The number of rotatable bonds is 7. The van der Waals surface area contributed by atoms with Crippen molar-refractivity contribution in [1.29, 1.82) is 0 Å². The molecule has 1 aliphatic rings. The number of aromatic nitrogens is 4. The Kier molecular flexibility index (Phi) is 5.42. The normalized spacial score (nSPS) is 19.3. The summed E-state index contributed by atoms with van der Waals surface area (Å²) in [6.45, 7) is 4.85. The lowest BCUT2D eigenvalue weighted by Crippen LogP contribution is -2.43. The van der Waals surface area contributed by atoms with Gasteiger partial charge in [0, 0.05) is 0 Å². The zero-order chi connectivity index (χ0) is 16.1. The van der Waals surface area contributed by atoms with E-state index in [1.54, 1.807) is 0 Å². The summed E-state index contributed by atoms with van der Waals surface area (Å²) in [5, 5.41) is 17.5. The molecular weight excluding hydrogens is 286 g/mol. The van der Waals surface area contributed by atoms with Gasteiger partial charge in [0.05, 0.1) is 12.1 Å². The van der Waals surface area contributed by atoms with Crippen LogP contribution in [-0.4, -0.2) is 44.6 Å². The van der Waals surface area contributed by atoms with Gasteiger partial charge in [-0.15, -0.1) is 5.10 Å². The molecule has 22 heavy (non-hydrogen) atoms. The van der Waals surface area contributed by atoms with Crippen molar-refractivity contribution in [3.63, 3.8) is 0 Å². The molecule has 0 radical (unpaired) electrons. The molecule has 9 nitrogen and oxygen atoms in total. The molecule has 1 fully saturated rings. The first-order chi connectivity index (χ1) is 10.5. The van der Waals surface area contributed by atoms with E-state index < -0.39 is 5.91 Å². The fourth-order valence-corrected chi connectivity index (χ4v) is 2.60. The molecular formula is C13H23N7O2. The molecule has 2 heterocycles. The maximum absolute atomic E-state index is 12.3. The molecule has 1 saturated heterocycles. The van der Waals surface area contributed by atoms with Gasteiger partial charge in [-0.2, -0.15) is 0 Å². The highest BCUT2D eigenvalue weighted by molar-refractivity contribution is 5.82. The zero-order valence-electron chi connectivity index (χ0n) is 13.0. The van der Waals surface area contributed by atoms with E-state index in [0.29, 0.717) is 18.2 Å². The molecule has 1 aromatic heterocycles. The van der Waals surface area contributed by atoms with Crippen LogP contribution in [0.15, 0.2) is 0 Å². The quantitative estimate of drug-likeness (QED) is 0.599. The molecule has 0 saturated carbocycles. The van der Waals surface area contributed by atoms with Crippen molar-refractivity contribution in [3.8, 4) is 0 Å². The van der Waals surface area contributed by atoms with Crippen LogP contribution in [0.3, 0.4) is 0 Å². The molecule has 2 atom stereocenters. The number of nitrogens with zero attached hydrogens (tertiary/aromatic N) is 4. The van der Waals surface area contributed by atoms with E-state index >= 15 is 0 Å². The molecule has 2 unspecified atom stereocenters. The molecule has 122 valence electrons. The Labute approximate surface area is 129 Å². The SMILES string of the molecule is CC(C)CC(NC(=O)C1CCCN1)c1nnnn1CC(N)=O. The number of amides is 2. The van der Waals surface area contributed by atoms with Crippen LogP contribution in [0.5, 0.6) is 0 Å². The van der Waals surface area contributed by atoms with E-state index in [4.69, 9.17) is 5.73 Å². The third kappa shape index (κ3) is 4.23. The molecule has 0 aliphatic carbocycles. The number of hydrogen-bond acceptors (Lipinski definition) is 6. The fourth-order valence-electron chi connectivity index (χ4n) is 2.60. The summed E-state index contributed by atoms with van der Waals surface area (Å²) in [4.78, 5) is 23.4. The topological polar surface area (TPSA) is 128 Å². The van der Waals surface area contributed by atoms with Gasteiger partial charge < -0.3 is 16.4 Å². The van der Waals surface area contributed by atoms with Crippen LogP contribution in [0, 0.1) is 5.92 Å². The summed E-state index contributed by atoms with van der Waals surface area (Å²) in [6, 6.07) is -0.514. The van der Waals surface area contributed by atoms with Gasteiger partial charge in [0.25, 0.3) is 0 Å². The average Bonchev–Trinajstić information content (AvgIpc) is 3.07. The highest BCUT2D eigenvalue weighted by atomic mass is 16.2. The predicted octanol–water partition coefficient (Wildman–Crippen LogP) is -0.886. The average molecular weight is 309 g/mol. The molecule has 1 aromatic rings. The van der Waals surface area contributed by atoms with Crippen molar-refractivity contribution in [3.05, 3.63) is 5.82 Å². The molecule has 2 rings (SSSR count). The molecule has 0 spiro atoms. The molecule has 9 heteroatoms. The second-order valence-corrected chi connectivity index (χ2v) is 6.00. The van der Waals surface area contributed by atoms with Crippen molar-refractivity contribution in [2.75, 3.05) is 6.54 Å². The van der Waals surface area contributed by atoms with Crippen LogP contribution in [0.2, 0.25) is 0 Å². The van der Waals surface area contributed by atoms with Gasteiger partial charge in [-0.3, -0.25) is 9.59 Å². The van der Waals surface area contributed by atoms with Crippen LogP contribution in [0.1, 0.15) is 45.0 Å². The van der Waals surface area contributed by atoms with Crippen LogP contribution in [-0.2, 0) is 16.1 Å². The number of tetrazole rings is 1. The molecule has 0 bridgehead atoms. The smallest absolute Gasteiger partial charge is 0.239 e. The Morgan fingerprint density at radius 3 is 2.86 bits per heavy atom. The van der Waals surface area contributed by atoms with Crippen molar-refractivity contribution in [2.24, 2.45) is 11.7 Å². The number of primary amides is 1. The molecule has 2 amide bonds. The predicted molar refractivity (Wildman–Crippen MR) is 78.4 cm³/mol. The van der Waals surface area contributed by atoms with E-state index in [1.165, 1.54) is 4.68 Å². The first kappa shape index (κ1) is 16.3. The maximum atomic E-state index is 12.3. The van der Waals surface area contributed by atoms with Gasteiger partial charge in [-0.1, -0.05) is 13.8 Å². The van der Waals surface area contributed by atoms with E-state index in [9.17, 15) is 9.59 Å². The number of carbonyl (C=O) groups is 2. The largest absolute Gasteiger partial charge is 0.368 e. The van der Waals surface area contributed by atoms with Gasteiger partial charge in [-0.25, -0.2) is 4.68 Å². The van der Waals surface area contributed by atoms with E-state index in [2.05, 4.69) is 40.0 Å². The maximum Gasteiger partial charge on any atom is 0.239 e. The number of nitrogens with one attached hydrogen (secondary N) is 2. The Morgan fingerprint density at radius 2 is 2.27 bits per heavy atom. The number of carbonyl (C=O) groups excluding carboxylic acids is 2. The molecule has 4 N–H and O–H groups in total. The monoisotopic (exact) mass is 309 g/mol. The van der Waals surface area contributed by atoms with Crippen molar-refractivity contribution >= 4 is 11.8 Å². The Balaban J connectivity index is 2.13. The standard InChI is InChI=1S/C13H23N7O2/c1-8(2)6-10(16-13(22)9-4-3-5-15-9)12-17-18-19-20(12)7-11(14)21/h8-10,15H,3-7H2,1-2H3,(H2,14,21)(H,16,22). The summed E-state index contributed by atoms with van der Waals surface area (Å²) in [5.74, 6) is 0.205. The summed E-state index contributed by atoms with van der Waals surface area (Å²) in [5.41, 5.74) is 5.20. The van der Waals surface area contributed by atoms with Crippen LogP contribution >= 0.6 is 0 Å². The lowest BCUT2D eigenvalue weighted by Gasteiger charge is -2.21. The number of hydrogen-bond donors (Lipinski definition) is 3. The Morgan fingerprint density at radius 1 is 1.50 bits per heavy atom. The summed E-state index contributed by atoms with van der Waals surface area (Å²) >= 11 is 0. The third-order valence-corrected chi connectivity index (χ3v) is 3.58. The van der Waals surface area contributed by atoms with Gasteiger partial charge in [-0.05, 0) is 42.2 Å². The second kappa shape index (κ2) is 7.30. The minimum absolute atomic E-state index is 0.0585. The van der Waals surface area contributed by atoms with Crippen LogP contribution < -0.4 is 16.4 Å². The zero-order valence-corrected chi connectivity index (χ0v) is 13.0. The molecule has 1 aliphatic heterocycles. The van der Waals surface area contributed by atoms with Crippen molar-refractivity contribution in [2.45, 2.75) is 51.7 Å². The third-order valence-electron chi connectivity index (χ3n) is 3.58. The van der Waals surface area contributed by atoms with E-state index in [-0.39, 0.29) is 24.5 Å². The minimum atomic E-state index is -0.527. The molecule has 0 aromatic carbocycles. The lowest BCUT2D eigenvalue weighted by atomic mass is 10.0. The first-order valence-electron chi connectivity index (χ1n) is 7.55. The van der Waals surface area contributed by atoms with Crippen molar-refractivity contribution < 1.29 is 9.59 Å². The first-order valence-corrected chi connectivity index (χ1v) is 7.55. The lowest BCUT2D eigenvalue weighted by molar-refractivity contribution is -0.123. The van der Waals surface area contributed by atoms with Gasteiger partial charge in [0.15, 0.2) is 5.82 Å². The van der Waals surface area contributed by atoms with Gasteiger partial charge in [0.1, 0.15) is 6.54 Å². The van der Waals surface area contributed by atoms with Gasteiger partial charge >= 0.3 is 0 Å². The Hall–Kier alpha value is -2.03. The summed E-state index contributed by atoms with van der Waals surface area (Å²) in [6.07, 6.45) is 2.50. The van der Waals surface area contributed by atoms with Crippen molar-refractivity contribution in [1.82, 2.24) is 30.8 Å².